The summed E-state index contributed by atoms with van der Waals surface area (Å²) < 4.78 is 1.30. The molecule has 0 atom stereocenters. The second-order valence-electron chi connectivity index (χ2n) is 6.98. The molecule has 1 heterocycles. The van der Waals surface area contributed by atoms with Gasteiger partial charge in [0, 0.05) is 54.6 Å². The molecule has 0 aliphatic heterocycles. The molecule has 0 bridgehead atoms. The van der Waals surface area contributed by atoms with Crippen LogP contribution in [0.3, 0.4) is 0 Å². The van der Waals surface area contributed by atoms with Gasteiger partial charge in [0.1, 0.15) is 34.5 Å². The lowest BCUT2D eigenvalue weighted by molar-refractivity contribution is 0.449. The van der Waals surface area contributed by atoms with E-state index in [1.54, 1.807) is 0 Å². The van der Waals surface area contributed by atoms with Crippen LogP contribution in [0.5, 0.6) is 34.5 Å². The summed E-state index contributed by atoms with van der Waals surface area (Å²) in [5.74, 6) is -2.97. The highest BCUT2D eigenvalue weighted by molar-refractivity contribution is 5.49. The van der Waals surface area contributed by atoms with Gasteiger partial charge in [-0.15, -0.1) is 0 Å². The summed E-state index contributed by atoms with van der Waals surface area (Å²) in [6.07, 6.45) is 0. The van der Waals surface area contributed by atoms with Crippen molar-refractivity contribution < 1.29 is 30.6 Å². The molecule has 33 heavy (non-hydrogen) atoms. The lowest BCUT2D eigenvalue weighted by Crippen LogP contribution is -2.52. The molecule has 0 aliphatic carbocycles. The van der Waals surface area contributed by atoms with E-state index in [0.717, 1.165) is 54.6 Å². The molecule has 168 valence electrons. The Balaban J connectivity index is 2.21. The highest BCUT2D eigenvalue weighted by atomic mass is 16.3. The number of hydrogen-bond acceptors (Lipinski definition) is 9. The molecular weight excluding hydrogens is 438 g/mol. The van der Waals surface area contributed by atoms with E-state index in [1.807, 2.05) is 0 Å². The third-order valence-electron chi connectivity index (χ3n) is 4.58. The van der Waals surface area contributed by atoms with Crippen LogP contribution in [0.15, 0.2) is 69.0 Å². The van der Waals surface area contributed by atoms with Crippen molar-refractivity contribution in [1.82, 2.24) is 13.7 Å². The van der Waals surface area contributed by atoms with E-state index in [9.17, 15) is 45.0 Å². The van der Waals surface area contributed by atoms with Gasteiger partial charge in [0.25, 0.3) is 0 Å². The Morgan fingerprint density at radius 3 is 0.727 bits per heavy atom. The van der Waals surface area contributed by atoms with Crippen LogP contribution in [0, 0.1) is 0 Å². The van der Waals surface area contributed by atoms with Gasteiger partial charge in [-0.3, -0.25) is 0 Å². The van der Waals surface area contributed by atoms with Gasteiger partial charge in [-0.1, -0.05) is 0 Å². The molecule has 12 heteroatoms. The van der Waals surface area contributed by atoms with Crippen molar-refractivity contribution in [2.75, 3.05) is 0 Å². The minimum atomic E-state index is -1.26. The Labute approximate surface area is 182 Å². The SMILES string of the molecule is O=c1n(-c2cc(O)cc(O)c2)c(=O)n(-c2cc(O)cc(O)c2)c(=O)n1-c1cc(O)cc(O)c1. The monoisotopic (exact) mass is 453 g/mol. The van der Waals surface area contributed by atoms with Gasteiger partial charge in [-0.05, 0) is 0 Å². The molecule has 0 radical (unpaired) electrons. The summed E-state index contributed by atoms with van der Waals surface area (Å²) in [5.41, 5.74) is -4.75. The average Bonchev–Trinajstić information content (AvgIpc) is 2.65. The molecule has 0 aliphatic rings. The van der Waals surface area contributed by atoms with E-state index in [0.29, 0.717) is 13.7 Å². The summed E-state index contributed by atoms with van der Waals surface area (Å²) in [6, 6.07) is 8.69. The zero-order chi connectivity index (χ0) is 24.0. The van der Waals surface area contributed by atoms with E-state index in [4.69, 9.17) is 0 Å². The van der Waals surface area contributed by atoms with Crippen LogP contribution in [0.1, 0.15) is 0 Å². The normalized spacial score (nSPS) is 10.9. The molecule has 0 saturated heterocycles. The van der Waals surface area contributed by atoms with Gasteiger partial charge >= 0.3 is 17.1 Å². The van der Waals surface area contributed by atoms with Crippen LogP contribution >= 0.6 is 0 Å². The first-order valence-electron chi connectivity index (χ1n) is 9.16. The van der Waals surface area contributed by atoms with Gasteiger partial charge in [0.15, 0.2) is 0 Å². The fourth-order valence-corrected chi connectivity index (χ4v) is 3.33. The first-order valence-corrected chi connectivity index (χ1v) is 9.16. The van der Waals surface area contributed by atoms with Gasteiger partial charge < -0.3 is 30.6 Å². The molecule has 0 spiro atoms. The smallest absolute Gasteiger partial charge is 0.345 e. The summed E-state index contributed by atoms with van der Waals surface area (Å²) in [6.45, 7) is 0. The lowest BCUT2D eigenvalue weighted by atomic mass is 10.2. The molecule has 4 rings (SSSR count). The van der Waals surface area contributed by atoms with Crippen LogP contribution in [-0.4, -0.2) is 44.3 Å². The van der Waals surface area contributed by atoms with Gasteiger partial charge in [-0.25, -0.2) is 28.1 Å². The number of benzene rings is 3. The molecule has 3 aromatic carbocycles. The van der Waals surface area contributed by atoms with Crippen molar-refractivity contribution in [3.05, 3.63) is 86.1 Å². The molecular formula is C21H15N3O9. The Morgan fingerprint density at radius 1 is 0.364 bits per heavy atom. The van der Waals surface area contributed by atoms with E-state index < -0.39 is 51.6 Å². The zero-order valence-corrected chi connectivity index (χ0v) is 16.4. The maximum Gasteiger partial charge on any atom is 0.345 e. The van der Waals surface area contributed by atoms with Crippen LogP contribution in [-0.2, 0) is 0 Å². The number of phenolic OH excluding ortho intramolecular Hbond substituents is 6. The Kier molecular flexibility index (Phi) is 4.82. The molecule has 12 nitrogen and oxygen atoms in total. The van der Waals surface area contributed by atoms with Crippen molar-refractivity contribution in [3.8, 4) is 51.6 Å². The van der Waals surface area contributed by atoms with Crippen molar-refractivity contribution in [2.24, 2.45) is 0 Å². The van der Waals surface area contributed by atoms with E-state index >= 15 is 0 Å². The first kappa shape index (κ1) is 21.1. The average molecular weight is 453 g/mol. The summed E-state index contributed by atoms with van der Waals surface area (Å²) in [7, 11) is 0. The fraction of sp³-hybridized carbons (Fsp3) is 0. The maximum atomic E-state index is 13.3. The second-order valence-corrected chi connectivity index (χ2v) is 6.98. The molecule has 0 amide bonds. The molecule has 0 fully saturated rings. The highest BCUT2D eigenvalue weighted by Crippen LogP contribution is 2.25. The third-order valence-corrected chi connectivity index (χ3v) is 4.58. The fourth-order valence-electron chi connectivity index (χ4n) is 3.33. The number of aromatic hydroxyl groups is 6. The standard InChI is InChI=1S/C21H15N3O9/c25-13-1-10(2-14(26)7-13)22-19(31)23(11-3-15(27)8-16(28)4-11)21(33)24(20(22)32)12-5-17(29)9-18(30)6-12/h1-9,25-30H. The van der Waals surface area contributed by atoms with Crippen LogP contribution in [0.25, 0.3) is 17.1 Å². The number of nitrogens with zero attached hydrogens (tertiary/aromatic N) is 3. The molecule has 1 aromatic heterocycles. The number of phenols is 6. The maximum absolute atomic E-state index is 13.3. The summed E-state index contributed by atoms with van der Waals surface area (Å²) in [5, 5.41) is 58.9. The van der Waals surface area contributed by atoms with Crippen molar-refractivity contribution >= 4 is 0 Å². The largest absolute Gasteiger partial charge is 0.508 e. The number of hydrogen-bond donors (Lipinski definition) is 6. The Morgan fingerprint density at radius 2 is 0.545 bits per heavy atom. The van der Waals surface area contributed by atoms with Crippen molar-refractivity contribution in [3.63, 3.8) is 0 Å². The molecule has 0 unspecified atom stereocenters. The van der Waals surface area contributed by atoms with E-state index in [-0.39, 0.29) is 17.1 Å². The minimum absolute atomic E-state index is 0.321. The highest BCUT2D eigenvalue weighted by Gasteiger charge is 2.21. The second kappa shape index (κ2) is 7.53. The van der Waals surface area contributed by atoms with Gasteiger partial charge in [-0.2, -0.15) is 0 Å². The third kappa shape index (κ3) is 3.72. The Hall–Kier alpha value is -5.13. The lowest BCUT2D eigenvalue weighted by Gasteiger charge is -2.15. The molecule has 6 N–H and O–H groups in total. The van der Waals surface area contributed by atoms with Crippen LogP contribution in [0.2, 0.25) is 0 Å². The van der Waals surface area contributed by atoms with E-state index in [2.05, 4.69) is 0 Å². The molecule has 0 saturated carbocycles. The number of aromatic nitrogens is 3. The van der Waals surface area contributed by atoms with Crippen LogP contribution in [0.4, 0.5) is 0 Å². The van der Waals surface area contributed by atoms with Crippen molar-refractivity contribution in [2.45, 2.75) is 0 Å². The first-order chi connectivity index (χ1) is 15.5. The van der Waals surface area contributed by atoms with E-state index in [1.165, 1.54) is 0 Å². The zero-order valence-electron chi connectivity index (χ0n) is 16.4. The van der Waals surface area contributed by atoms with Crippen molar-refractivity contribution in [1.29, 1.82) is 0 Å². The van der Waals surface area contributed by atoms with Gasteiger partial charge in [0.2, 0.25) is 0 Å². The summed E-state index contributed by atoms with van der Waals surface area (Å²) >= 11 is 0. The molecule has 4 aromatic rings. The topological polar surface area (TPSA) is 187 Å². The van der Waals surface area contributed by atoms with Gasteiger partial charge in [0.05, 0.1) is 17.1 Å². The predicted octanol–water partition coefficient (Wildman–Crippen LogP) is 0.373. The minimum Gasteiger partial charge on any atom is -0.508 e. The predicted molar refractivity (Wildman–Crippen MR) is 113 cm³/mol. The summed E-state index contributed by atoms with van der Waals surface area (Å²) in [4.78, 5) is 39.8. The van der Waals surface area contributed by atoms with Crippen LogP contribution < -0.4 is 17.1 Å². The number of rotatable bonds is 3. The Bertz CT molecular complexity index is 1320. The quantitative estimate of drug-likeness (QED) is 0.255.